The molecule has 0 unspecified atom stereocenters. The van der Waals surface area contributed by atoms with E-state index in [1.165, 1.54) is 4.68 Å². The van der Waals surface area contributed by atoms with Crippen LogP contribution in [0.2, 0.25) is 5.02 Å². The Labute approximate surface area is 149 Å². The molecular weight excluding hydrogens is 348 g/mol. The summed E-state index contributed by atoms with van der Waals surface area (Å²) in [6.45, 7) is 3.32. The van der Waals surface area contributed by atoms with Gasteiger partial charge in [0.2, 0.25) is 5.82 Å². The summed E-state index contributed by atoms with van der Waals surface area (Å²) in [7, 11) is 1.69. The van der Waals surface area contributed by atoms with E-state index in [2.05, 4.69) is 10.4 Å². The smallest absolute Gasteiger partial charge is 0.333 e. The van der Waals surface area contributed by atoms with E-state index in [0.29, 0.717) is 60.6 Å². The minimum Gasteiger partial charge on any atom is -0.486 e. The van der Waals surface area contributed by atoms with Crippen LogP contribution in [0, 0.1) is 10.1 Å². The number of ether oxygens (including phenoxy) is 2. The summed E-state index contributed by atoms with van der Waals surface area (Å²) in [4.78, 5) is 10.9. The summed E-state index contributed by atoms with van der Waals surface area (Å²) in [6.07, 6.45) is 1.13. The first-order valence-electron chi connectivity index (χ1n) is 8.03. The lowest BCUT2D eigenvalue weighted by Gasteiger charge is -2.20. The molecule has 1 aromatic heterocycles. The fourth-order valence-corrected chi connectivity index (χ4v) is 3.12. The summed E-state index contributed by atoms with van der Waals surface area (Å²) in [5, 5.41) is 19.1. The van der Waals surface area contributed by atoms with Crippen LogP contribution in [0.4, 0.5) is 11.5 Å². The van der Waals surface area contributed by atoms with Gasteiger partial charge in [0.25, 0.3) is 0 Å². The first kappa shape index (κ1) is 17.3. The van der Waals surface area contributed by atoms with Crippen LogP contribution in [0.5, 0.6) is 11.5 Å². The zero-order valence-electron chi connectivity index (χ0n) is 14.0. The van der Waals surface area contributed by atoms with Crippen LogP contribution in [0.25, 0.3) is 0 Å². The number of anilines is 1. The third kappa shape index (κ3) is 3.48. The van der Waals surface area contributed by atoms with Crippen LogP contribution >= 0.6 is 11.6 Å². The van der Waals surface area contributed by atoms with Gasteiger partial charge in [0.05, 0.1) is 9.95 Å². The van der Waals surface area contributed by atoms with Gasteiger partial charge in [-0.05, 0) is 30.5 Å². The van der Waals surface area contributed by atoms with E-state index in [-0.39, 0.29) is 5.69 Å². The van der Waals surface area contributed by atoms with Gasteiger partial charge < -0.3 is 14.8 Å². The van der Waals surface area contributed by atoms with Crippen LogP contribution in [0.3, 0.4) is 0 Å². The number of rotatable bonds is 6. The molecule has 25 heavy (non-hydrogen) atoms. The van der Waals surface area contributed by atoms with Gasteiger partial charge in [-0.15, -0.1) is 0 Å². The fraction of sp³-hybridized carbons (Fsp3) is 0.438. The van der Waals surface area contributed by atoms with Gasteiger partial charge >= 0.3 is 5.69 Å². The Kier molecular flexibility index (Phi) is 4.98. The van der Waals surface area contributed by atoms with Crippen LogP contribution in [0.15, 0.2) is 12.1 Å². The average molecular weight is 367 g/mol. The molecule has 0 fully saturated rings. The van der Waals surface area contributed by atoms with Crippen molar-refractivity contribution in [1.29, 1.82) is 0 Å². The van der Waals surface area contributed by atoms with Gasteiger partial charge in [-0.1, -0.05) is 18.5 Å². The molecule has 1 N–H and O–H groups in total. The number of nitro groups is 1. The zero-order valence-corrected chi connectivity index (χ0v) is 14.8. The molecule has 0 saturated carbocycles. The summed E-state index contributed by atoms with van der Waals surface area (Å²) >= 11 is 6.23. The Bertz CT molecular complexity index is 806. The van der Waals surface area contributed by atoms with E-state index in [0.717, 1.165) is 5.56 Å². The molecule has 1 aliphatic rings. The van der Waals surface area contributed by atoms with Crippen LogP contribution < -0.4 is 14.8 Å². The topological polar surface area (TPSA) is 91.5 Å². The van der Waals surface area contributed by atoms with Crippen molar-refractivity contribution < 1.29 is 14.4 Å². The van der Waals surface area contributed by atoms with Crippen molar-refractivity contribution in [3.63, 3.8) is 0 Å². The maximum atomic E-state index is 11.3. The standard InChI is InChI=1S/C16H19ClN4O4/c1-3-12-14(21(22)23)16(20(2)19-12)18-5-4-10-8-11(17)15-13(9-10)24-6-7-25-15/h8-9,18H,3-7H2,1-2H3. The summed E-state index contributed by atoms with van der Waals surface area (Å²) in [5.41, 5.74) is 1.46. The van der Waals surface area contributed by atoms with Crippen LogP contribution in [-0.2, 0) is 19.9 Å². The Balaban J connectivity index is 1.73. The Morgan fingerprint density at radius 1 is 1.40 bits per heavy atom. The van der Waals surface area contributed by atoms with Gasteiger partial charge in [0, 0.05) is 13.6 Å². The Morgan fingerprint density at radius 2 is 2.16 bits per heavy atom. The summed E-state index contributed by atoms with van der Waals surface area (Å²) < 4.78 is 12.6. The molecule has 0 atom stereocenters. The van der Waals surface area contributed by atoms with E-state index in [4.69, 9.17) is 21.1 Å². The normalized spacial score (nSPS) is 12.9. The number of benzene rings is 1. The van der Waals surface area contributed by atoms with Crippen molar-refractivity contribution in [2.24, 2.45) is 7.05 Å². The molecule has 0 radical (unpaired) electrons. The van der Waals surface area contributed by atoms with Crippen LogP contribution in [-0.4, -0.2) is 34.5 Å². The predicted octanol–water partition coefficient (Wildman–Crippen LogP) is 2.97. The van der Waals surface area contributed by atoms with Gasteiger partial charge in [0.15, 0.2) is 11.5 Å². The van der Waals surface area contributed by atoms with Gasteiger partial charge in [-0.3, -0.25) is 10.1 Å². The van der Waals surface area contributed by atoms with E-state index in [9.17, 15) is 10.1 Å². The molecule has 0 spiro atoms. The molecule has 0 amide bonds. The second kappa shape index (κ2) is 7.18. The van der Waals surface area contributed by atoms with Crippen molar-refractivity contribution in [2.45, 2.75) is 19.8 Å². The molecule has 2 aromatic rings. The number of aromatic nitrogens is 2. The Hall–Kier alpha value is -2.48. The van der Waals surface area contributed by atoms with Crippen LogP contribution in [0.1, 0.15) is 18.2 Å². The molecule has 0 bridgehead atoms. The van der Waals surface area contributed by atoms with Crippen molar-refractivity contribution >= 4 is 23.1 Å². The van der Waals surface area contributed by atoms with E-state index in [1.54, 1.807) is 7.05 Å². The number of hydrogen-bond donors (Lipinski definition) is 1. The summed E-state index contributed by atoms with van der Waals surface area (Å²) in [5.74, 6) is 1.61. The van der Waals surface area contributed by atoms with Gasteiger partial charge in [-0.2, -0.15) is 5.10 Å². The monoisotopic (exact) mass is 366 g/mol. The number of halogens is 1. The largest absolute Gasteiger partial charge is 0.486 e. The molecular formula is C16H19ClN4O4. The van der Waals surface area contributed by atoms with Crippen molar-refractivity contribution in [1.82, 2.24) is 9.78 Å². The molecule has 0 aliphatic carbocycles. The first-order valence-corrected chi connectivity index (χ1v) is 8.41. The molecule has 2 heterocycles. The van der Waals surface area contributed by atoms with Crippen molar-refractivity contribution in [3.05, 3.63) is 38.5 Å². The molecule has 0 saturated heterocycles. The maximum absolute atomic E-state index is 11.3. The predicted molar refractivity (Wildman–Crippen MR) is 93.9 cm³/mol. The number of aryl methyl sites for hydroxylation is 2. The van der Waals surface area contributed by atoms with Crippen molar-refractivity contribution in [3.8, 4) is 11.5 Å². The van der Waals surface area contributed by atoms with E-state index >= 15 is 0 Å². The SMILES string of the molecule is CCc1nn(C)c(NCCc2cc(Cl)c3c(c2)OCCO3)c1[N+](=O)[O-]. The lowest BCUT2D eigenvalue weighted by molar-refractivity contribution is -0.384. The molecule has 134 valence electrons. The summed E-state index contributed by atoms with van der Waals surface area (Å²) in [6, 6.07) is 3.71. The average Bonchev–Trinajstić information content (AvgIpc) is 2.91. The number of hydrogen-bond acceptors (Lipinski definition) is 6. The number of fused-ring (bicyclic) bond motifs is 1. The zero-order chi connectivity index (χ0) is 18.0. The number of nitrogens with one attached hydrogen (secondary N) is 1. The fourth-order valence-electron chi connectivity index (χ4n) is 2.83. The molecule has 9 heteroatoms. The van der Waals surface area contributed by atoms with Gasteiger partial charge in [0.1, 0.15) is 18.9 Å². The lowest BCUT2D eigenvalue weighted by Crippen LogP contribution is -2.16. The molecule has 1 aliphatic heterocycles. The Morgan fingerprint density at radius 3 is 2.88 bits per heavy atom. The molecule has 3 rings (SSSR count). The highest BCUT2D eigenvalue weighted by molar-refractivity contribution is 6.32. The maximum Gasteiger partial charge on any atom is 0.333 e. The molecule has 1 aromatic carbocycles. The third-order valence-electron chi connectivity index (χ3n) is 3.97. The first-order chi connectivity index (χ1) is 12.0. The highest BCUT2D eigenvalue weighted by Crippen LogP contribution is 2.38. The lowest BCUT2D eigenvalue weighted by atomic mass is 10.1. The van der Waals surface area contributed by atoms with Crippen molar-refractivity contribution in [2.75, 3.05) is 25.1 Å². The minimum atomic E-state index is -0.394. The van der Waals surface area contributed by atoms with Gasteiger partial charge in [-0.25, -0.2) is 4.68 Å². The second-order valence-electron chi connectivity index (χ2n) is 5.66. The third-order valence-corrected chi connectivity index (χ3v) is 4.25. The minimum absolute atomic E-state index is 0.0326. The highest BCUT2D eigenvalue weighted by atomic mass is 35.5. The van der Waals surface area contributed by atoms with E-state index in [1.807, 2.05) is 19.1 Å². The molecule has 8 nitrogen and oxygen atoms in total. The quantitative estimate of drug-likeness (QED) is 0.624. The highest BCUT2D eigenvalue weighted by Gasteiger charge is 2.25. The number of nitrogens with zero attached hydrogens (tertiary/aromatic N) is 3. The van der Waals surface area contributed by atoms with E-state index < -0.39 is 4.92 Å². The second-order valence-corrected chi connectivity index (χ2v) is 6.06.